The standard InChI is InChI=1S/C30H46O4/c1-5-26(33)30(15-16-30)27(34)12-14-28(2,3)25-11-10-24-21(7-6-13-29(24,25)4)9-8-20-17-22(31)19-23(32)18-20/h8-9,12,14,22-25,27,31-32,34H,5-7,10-11,13,15-19H2,1-4H3/t22-,23-,24+,25-,27+,29+/m1/s1. The van der Waals surface area contributed by atoms with E-state index in [1.807, 2.05) is 13.0 Å². The topological polar surface area (TPSA) is 77.8 Å². The Morgan fingerprint density at radius 3 is 2.41 bits per heavy atom. The normalized spacial score (nSPS) is 37.6. The Balaban J connectivity index is 1.49. The average molecular weight is 471 g/mol. The van der Waals surface area contributed by atoms with Crippen LogP contribution in [0.25, 0.3) is 0 Å². The van der Waals surface area contributed by atoms with Gasteiger partial charge in [0.2, 0.25) is 0 Å². The lowest BCUT2D eigenvalue weighted by atomic mass is 9.57. The van der Waals surface area contributed by atoms with Gasteiger partial charge in [-0.1, -0.05) is 63.1 Å². The number of carbonyl (C=O) groups excluding carboxylic acids is 1. The molecule has 4 heteroatoms. The number of ketones is 1. The second-order valence-electron chi connectivity index (χ2n) is 12.6. The molecule has 0 unspecified atom stereocenters. The molecule has 4 saturated carbocycles. The van der Waals surface area contributed by atoms with Crippen molar-refractivity contribution in [1.82, 2.24) is 0 Å². The fourth-order valence-electron chi connectivity index (χ4n) is 7.86. The molecule has 4 nitrogen and oxygen atoms in total. The fraction of sp³-hybridized carbons (Fsp3) is 0.767. The number of hydrogen-bond acceptors (Lipinski definition) is 4. The summed E-state index contributed by atoms with van der Waals surface area (Å²) in [6.45, 7) is 8.98. The summed E-state index contributed by atoms with van der Waals surface area (Å²) in [6.07, 6.45) is 17.0. The highest BCUT2D eigenvalue weighted by Gasteiger charge is 2.55. The number of aliphatic hydroxyl groups is 3. The molecular weight excluding hydrogens is 424 g/mol. The van der Waals surface area contributed by atoms with Crippen molar-refractivity contribution in [3.63, 3.8) is 0 Å². The number of fused-ring (bicyclic) bond motifs is 1. The van der Waals surface area contributed by atoms with Gasteiger partial charge in [0, 0.05) is 6.42 Å². The van der Waals surface area contributed by atoms with Crippen molar-refractivity contribution in [3.05, 3.63) is 35.5 Å². The van der Waals surface area contributed by atoms with Crippen molar-refractivity contribution in [3.8, 4) is 0 Å². The van der Waals surface area contributed by atoms with E-state index in [0.717, 1.165) is 24.8 Å². The van der Waals surface area contributed by atoms with Crippen molar-refractivity contribution in [2.45, 2.75) is 117 Å². The maximum atomic E-state index is 12.4. The monoisotopic (exact) mass is 470 g/mol. The second-order valence-corrected chi connectivity index (χ2v) is 12.6. The second kappa shape index (κ2) is 9.67. The van der Waals surface area contributed by atoms with Gasteiger partial charge in [-0.15, -0.1) is 0 Å². The fourth-order valence-corrected chi connectivity index (χ4v) is 7.86. The first kappa shape index (κ1) is 25.9. The molecule has 0 radical (unpaired) electrons. The van der Waals surface area contributed by atoms with E-state index in [1.54, 1.807) is 0 Å². The summed E-state index contributed by atoms with van der Waals surface area (Å²) >= 11 is 0. The van der Waals surface area contributed by atoms with Crippen LogP contribution in [0, 0.1) is 28.1 Å². The molecule has 34 heavy (non-hydrogen) atoms. The molecule has 0 amide bonds. The van der Waals surface area contributed by atoms with Gasteiger partial charge in [-0.25, -0.2) is 0 Å². The van der Waals surface area contributed by atoms with E-state index in [9.17, 15) is 20.1 Å². The zero-order valence-electron chi connectivity index (χ0n) is 21.7. The maximum Gasteiger partial charge on any atom is 0.141 e. The minimum Gasteiger partial charge on any atom is -0.393 e. The van der Waals surface area contributed by atoms with Crippen LogP contribution >= 0.6 is 0 Å². The Hall–Kier alpha value is -1.23. The Bertz CT molecular complexity index is 849. The van der Waals surface area contributed by atoms with Gasteiger partial charge in [-0.05, 0) is 86.9 Å². The minimum atomic E-state index is -0.668. The van der Waals surface area contributed by atoms with E-state index in [-0.39, 0.29) is 16.6 Å². The van der Waals surface area contributed by atoms with Crippen LogP contribution in [0.2, 0.25) is 0 Å². The first-order chi connectivity index (χ1) is 16.0. The van der Waals surface area contributed by atoms with Gasteiger partial charge >= 0.3 is 0 Å². The van der Waals surface area contributed by atoms with Crippen molar-refractivity contribution in [1.29, 1.82) is 0 Å². The van der Waals surface area contributed by atoms with Crippen LogP contribution in [0.1, 0.15) is 98.3 Å². The highest BCUT2D eigenvalue weighted by atomic mass is 16.3. The number of aliphatic hydroxyl groups excluding tert-OH is 3. The van der Waals surface area contributed by atoms with E-state index >= 15 is 0 Å². The molecule has 0 aromatic rings. The van der Waals surface area contributed by atoms with E-state index in [1.165, 1.54) is 31.3 Å². The Morgan fingerprint density at radius 2 is 1.79 bits per heavy atom. The number of hydrogen-bond donors (Lipinski definition) is 3. The highest BCUT2D eigenvalue weighted by molar-refractivity contribution is 5.88. The predicted molar refractivity (Wildman–Crippen MR) is 136 cm³/mol. The zero-order valence-corrected chi connectivity index (χ0v) is 21.7. The summed E-state index contributed by atoms with van der Waals surface area (Å²) < 4.78 is 0. The molecule has 0 heterocycles. The summed E-state index contributed by atoms with van der Waals surface area (Å²) in [6, 6.07) is 0. The lowest BCUT2D eigenvalue weighted by molar-refractivity contribution is -0.126. The van der Waals surface area contributed by atoms with Gasteiger partial charge in [-0.3, -0.25) is 4.79 Å². The van der Waals surface area contributed by atoms with Crippen LogP contribution in [0.15, 0.2) is 35.5 Å². The first-order valence-corrected chi connectivity index (χ1v) is 13.7. The van der Waals surface area contributed by atoms with Crippen molar-refractivity contribution in [2.24, 2.45) is 28.1 Å². The third-order valence-corrected chi connectivity index (χ3v) is 9.87. The summed E-state index contributed by atoms with van der Waals surface area (Å²) in [5.41, 5.74) is 2.35. The smallest absolute Gasteiger partial charge is 0.141 e. The molecule has 0 aliphatic heterocycles. The summed E-state index contributed by atoms with van der Waals surface area (Å²) in [4.78, 5) is 12.4. The summed E-state index contributed by atoms with van der Waals surface area (Å²) in [5.74, 6) is 1.29. The number of Topliss-reactive ketones (excluding diaryl/α,β-unsaturated/α-hetero) is 1. The first-order valence-electron chi connectivity index (χ1n) is 13.7. The lowest BCUT2D eigenvalue weighted by Gasteiger charge is -2.47. The molecule has 4 aliphatic rings. The molecule has 0 bridgehead atoms. The van der Waals surface area contributed by atoms with Gasteiger partial charge in [0.15, 0.2) is 0 Å². The Labute approximate surface area is 206 Å². The van der Waals surface area contributed by atoms with Crippen molar-refractivity contribution < 1.29 is 20.1 Å². The van der Waals surface area contributed by atoms with Gasteiger partial charge in [0.05, 0.1) is 23.7 Å². The molecule has 0 spiro atoms. The van der Waals surface area contributed by atoms with Gasteiger partial charge in [-0.2, -0.15) is 0 Å². The van der Waals surface area contributed by atoms with E-state index in [2.05, 4.69) is 39.0 Å². The summed E-state index contributed by atoms with van der Waals surface area (Å²) in [5, 5.41) is 30.9. The van der Waals surface area contributed by atoms with Gasteiger partial charge in [0.1, 0.15) is 5.78 Å². The molecule has 0 aromatic carbocycles. The van der Waals surface area contributed by atoms with Crippen LogP contribution in [0.4, 0.5) is 0 Å². The van der Waals surface area contributed by atoms with Gasteiger partial charge in [0.25, 0.3) is 0 Å². The van der Waals surface area contributed by atoms with Gasteiger partial charge < -0.3 is 15.3 Å². The van der Waals surface area contributed by atoms with Crippen LogP contribution in [0.3, 0.4) is 0 Å². The molecule has 4 rings (SSSR count). The minimum absolute atomic E-state index is 0.0473. The zero-order chi connectivity index (χ0) is 24.7. The largest absolute Gasteiger partial charge is 0.393 e. The quantitative estimate of drug-likeness (QED) is 0.419. The van der Waals surface area contributed by atoms with Crippen LogP contribution in [-0.4, -0.2) is 39.4 Å². The molecule has 0 aromatic heterocycles. The van der Waals surface area contributed by atoms with Crippen LogP contribution < -0.4 is 0 Å². The average Bonchev–Trinajstić information content (AvgIpc) is 3.50. The SMILES string of the molecule is CCC(=O)C1([C@@H](O)C=CC(C)(C)[C@H]2CC[C@H]3C(=CC=C4C[C@@H](O)C[C@H](O)C4)CCC[C@]23C)CC1. The summed E-state index contributed by atoms with van der Waals surface area (Å²) in [7, 11) is 0. The predicted octanol–water partition coefficient (Wildman–Crippen LogP) is 5.66. The highest BCUT2D eigenvalue weighted by Crippen LogP contribution is 2.62. The third kappa shape index (κ3) is 4.88. The van der Waals surface area contributed by atoms with Crippen LogP contribution in [0.5, 0.6) is 0 Å². The van der Waals surface area contributed by atoms with E-state index < -0.39 is 23.7 Å². The van der Waals surface area contributed by atoms with E-state index in [0.29, 0.717) is 37.5 Å². The molecule has 6 atom stereocenters. The number of allylic oxidation sites excluding steroid dienone is 4. The molecule has 3 N–H and O–H groups in total. The molecule has 4 fully saturated rings. The molecule has 4 aliphatic carbocycles. The number of carbonyl (C=O) groups is 1. The number of rotatable bonds is 7. The molecule has 0 saturated heterocycles. The Kier molecular flexibility index (Phi) is 7.35. The maximum absolute atomic E-state index is 12.4. The molecule has 190 valence electrons. The van der Waals surface area contributed by atoms with Crippen molar-refractivity contribution >= 4 is 5.78 Å². The Morgan fingerprint density at radius 1 is 1.12 bits per heavy atom. The van der Waals surface area contributed by atoms with Crippen LogP contribution in [-0.2, 0) is 4.79 Å². The lowest BCUT2D eigenvalue weighted by Crippen LogP contribution is -2.39. The third-order valence-electron chi connectivity index (χ3n) is 9.87. The molecular formula is C30H46O4. The van der Waals surface area contributed by atoms with E-state index in [4.69, 9.17) is 0 Å². The van der Waals surface area contributed by atoms with Crippen molar-refractivity contribution in [2.75, 3.05) is 0 Å².